The second-order valence-electron chi connectivity index (χ2n) is 5.85. The zero-order chi connectivity index (χ0) is 18.5. The molecule has 136 valence electrons. The van der Waals surface area contributed by atoms with Crippen LogP contribution in [0.5, 0.6) is 5.75 Å². The van der Waals surface area contributed by atoms with Crippen molar-refractivity contribution in [2.75, 3.05) is 19.8 Å². The normalized spacial score (nSPS) is 10.8. The first-order valence-corrected chi connectivity index (χ1v) is 8.35. The number of benzene rings is 1. The minimum Gasteiger partial charge on any atom is -0.463 e. The largest absolute Gasteiger partial charge is 0.463 e. The minimum absolute atomic E-state index is 0.169. The predicted molar refractivity (Wildman–Crippen MR) is 97.2 cm³/mol. The third kappa shape index (κ3) is 10.1. The molecule has 0 aliphatic rings. The van der Waals surface area contributed by atoms with Crippen LogP contribution in [0.2, 0.25) is 0 Å². The lowest BCUT2D eigenvalue weighted by atomic mass is 10.2. The Kier molecular flexibility index (Phi) is 9.94. The van der Waals surface area contributed by atoms with E-state index in [4.69, 9.17) is 14.2 Å². The van der Waals surface area contributed by atoms with Gasteiger partial charge in [-0.1, -0.05) is 44.7 Å². The van der Waals surface area contributed by atoms with E-state index in [0.717, 1.165) is 18.2 Å². The molecule has 0 fully saturated rings. The van der Waals surface area contributed by atoms with Crippen molar-refractivity contribution in [1.82, 2.24) is 0 Å². The Hall–Kier alpha value is -2.40. The quantitative estimate of drug-likeness (QED) is 0.264. The van der Waals surface area contributed by atoms with Gasteiger partial charge in [-0.05, 0) is 30.0 Å². The summed E-state index contributed by atoms with van der Waals surface area (Å²) in [5.41, 5.74) is 1.00. The predicted octanol–water partition coefficient (Wildman–Crippen LogP) is 3.79. The van der Waals surface area contributed by atoms with Crippen LogP contribution >= 0.6 is 0 Å². The van der Waals surface area contributed by atoms with E-state index < -0.39 is 5.97 Å². The van der Waals surface area contributed by atoms with Crippen LogP contribution in [-0.4, -0.2) is 31.8 Å². The summed E-state index contributed by atoms with van der Waals surface area (Å²) in [6.07, 6.45) is 5.59. The summed E-state index contributed by atoms with van der Waals surface area (Å²) in [5, 5.41) is 0. The molecule has 1 aromatic rings. The fourth-order valence-corrected chi connectivity index (χ4v) is 1.83. The smallest absolute Gasteiger partial charge is 0.330 e. The van der Waals surface area contributed by atoms with Gasteiger partial charge in [0, 0.05) is 19.1 Å². The molecule has 0 radical (unpaired) electrons. The van der Waals surface area contributed by atoms with Gasteiger partial charge in [0.2, 0.25) is 0 Å². The maximum atomic E-state index is 11.7. The number of ether oxygens (including phenoxy) is 3. The third-order valence-corrected chi connectivity index (χ3v) is 3.02. The maximum absolute atomic E-state index is 11.7. The van der Waals surface area contributed by atoms with E-state index in [0.29, 0.717) is 24.7 Å². The molecule has 0 aliphatic heterocycles. The molecule has 0 aliphatic carbocycles. The highest BCUT2D eigenvalue weighted by molar-refractivity contribution is 5.81. The Morgan fingerprint density at radius 3 is 2.56 bits per heavy atom. The zero-order valence-electron chi connectivity index (χ0n) is 14.9. The fraction of sp³-hybridized carbons (Fsp3) is 0.400. The van der Waals surface area contributed by atoms with Crippen molar-refractivity contribution < 1.29 is 23.8 Å². The van der Waals surface area contributed by atoms with E-state index in [1.54, 1.807) is 12.1 Å². The number of carbonyl (C=O) groups excluding carboxylic acids is 2. The van der Waals surface area contributed by atoms with Crippen LogP contribution in [0.4, 0.5) is 0 Å². The van der Waals surface area contributed by atoms with Gasteiger partial charge >= 0.3 is 11.9 Å². The highest BCUT2D eigenvalue weighted by Crippen LogP contribution is 2.14. The first-order valence-electron chi connectivity index (χ1n) is 8.35. The molecule has 0 saturated carbocycles. The van der Waals surface area contributed by atoms with Gasteiger partial charge in [0.05, 0.1) is 13.2 Å². The molecule has 0 spiro atoms. The first kappa shape index (κ1) is 20.6. The van der Waals surface area contributed by atoms with Crippen molar-refractivity contribution in [3.05, 3.63) is 48.6 Å². The molecule has 1 aromatic carbocycles. The van der Waals surface area contributed by atoms with Crippen molar-refractivity contribution in [2.45, 2.75) is 26.7 Å². The number of hydrogen-bond donors (Lipinski definition) is 0. The Morgan fingerprint density at radius 2 is 1.92 bits per heavy atom. The summed E-state index contributed by atoms with van der Waals surface area (Å²) in [7, 11) is 0. The number of hydrogen-bond acceptors (Lipinski definition) is 5. The fourth-order valence-electron chi connectivity index (χ4n) is 1.83. The molecule has 0 atom stereocenters. The van der Waals surface area contributed by atoms with E-state index in [9.17, 15) is 9.59 Å². The van der Waals surface area contributed by atoms with Crippen LogP contribution in [-0.2, 0) is 19.1 Å². The van der Waals surface area contributed by atoms with Crippen LogP contribution in [0.25, 0.3) is 6.08 Å². The Labute approximate surface area is 149 Å². The molecule has 0 unspecified atom stereocenters. The van der Waals surface area contributed by atoms with Crippen molar-refractivity contribution >= 4 is 18.0 Å². The van der Waals surface area contributed by atoms with Gasteiger partial charge in [-0.15, -0.1) is 0 Å². The van der Waals surface area contributed by atoms with Gasteiger partial charge in [0.25, 0.3) is 0 Å². The van der Waals surface area contributed by atoms with Crippen molar-refractivity contribution in [2.24, 2.45) is 5.92 Å². The van der Waals surface area contributed by atoms with Crippen molar-refractivity contribution in [1.29, 1.82) is 0 Å². The summed E-state index contributed by atoms with van der Waals surface area (Å²) in [6.45, 7) is 9.00. The average molecular weight is 346 g/mol. The van der Waals surface area contributed by atoms with Gasteiger partial charge in [0.1, 0.15) is 5.75 Å². The van der Waals surface area contributed by atoms with Crippen molar-refractivity contribution in [3.63, 3.8) is 0 Å². The third-order valence-electron chi connectivity index (χ3n) is 3.02. The highest BCUT2D eigenvalue weighted by Gasteiger charge is 2.05. The van der Waals surface area contributed by atoms with E-state index in [1.165, 1.54) is 0 Å². The first-order chi connectivity index (χ1) is 12.0. The molecule has 5 nitrogen and oxygen atoms in total. The lowest BCUT2D eigenvalue weighted by Gasteiger charge is -2.05. The van der Waals surface area contributed by atoms with Crippen LogP contribution in [0, 0.1) is 5.92 Å². The van der Waals surface area contributed by atoms with E-state index in [-0.39, 0.29) is 19.0 Å². The molecule has 0 heterocycles. The second kappa shape index (κ2) is 12.0. The van der Waals surface area contributed by atoms with Crippen LogP contribution in [0.1, 0.15) is 32.3 Å². The molecule has 25 heavy (non-hydrogen) atoms. The van der Waals surface area contributed by atoms with Gasteiger partial charge < -0.3 is 14.2 Å². The van der Waals surface area contributed by atoms with Crippen LogP contribution in [0.15, 0.2) is 43.0 Å². The lowest BCUT2D eigenvalue weighted by molar-refractivity contribution is -0.140. The molecule has 0 bridgehead atoms. The Morgan fingerprint density at radius 1 is 1.20 bits per heavy atom. The summed E-state index contributed by atoms with van der Waals surface area (Å²) >= 11 is 0. The molecular weight excluding hydrogens is 320 g/mol. The van der Waals surface area contributed by atoms with Crippen LogP contribution < -0.4 is 4.74 Å². The lowest BCUT2D eigenvalue weighted by Crippen LogP contribution is -2.10. The summed E-state index contributed by atoms with van der Waals surface area (Å²) in [4.78, 5) is 22.5. The van der Waals surface area contributed by atoms with E-state index in [1.807, 2.05) is 24.3 Å². The van der Waals surface area contributed by atoms with Crippen molar-refractivity contribution in [3.8, 4) is 5.75 Å². The molecule has 5 heteroatoms. The number of rotatable bonds is 11. The molecule has 0 amide bonds. The second-order valence-corrected chi connectivity index (χ2v) is 5.85. The topological polar surface area (TPSA) is 61.8 Å². The SMILES string of the molecule is C=CC(=O)OCCCC(=O)Oc1ccc(/C=C/COCC(C)C)cc1. The molecular formula is C20H26O5. The maximum Gasteiger partial charge on any atom is 0.330 e. The Balaban J connectivity index is 2.28. The molecule has 0 N–H and O–H groups in total. The van der Waals surface area contributed by atoms with Gasteiger partial charge in [-0.25, -0.2) is 4.79 Å². The highest BCUT2D eigenvalue weighted by atomic mass is 16.5. The van der Waals surface area contributed by atoms with Gasteiger partial charge in [-0.2, -0.15) is 0 Å². The molecule has 0 aromatic heterocycles. The molecule has 1 rings (SSSR count). The number of esters is 2. The molecule has 0 saturated heterocycles. The minimum atomic E-state index is -0.494. The number of carbonyl (C=O) groups is 2. The standard InChI is InChI=1S/C20H26O5/c1-4-19(21)24-14-6-8-20(22)25-18-11-9-17(10-12-18)7-5-13-23-15-16(2)3/h4-5,7,9-12,16H,1,6,8,13-15H2,2-3H3/b7-5+. The van der Waals surface area contributed by atoms with E-state index >= 15 is 0 Å². The summed E-state index contributed by atoms with van der Waals surface area (Å²) in [6, 6.07) is 7.22. The van der Waals surface area contributed by atoms with Crippen LogP contribution in [0.3, 0.4) is 0 Å². The van der Waals surface area contributed by atoms with E-state index in [2.05, 4.69) is 20.4 Å². The van der Waals surface area contributed by atoms with Gasteiger partial charge in [0.15, 0.2) is 0 Å². The monoisotopic (exact) mass is 346 g/mol. The summed E-state index contributed by atoms with van der Waals surface area (Å²) < 4.78 is 15.5. The summed E-state index contributed by atoms with van der Waals surface area (Å²) in [5.74, 6) is 0.157. The van der Waals surface area contributed by atoms with Gasteiger partial charge in [-0.3, -0.25) is 4.79 Å². The Bertz CT molecular complexity index is 572. The average Bonchev–Trinajstić information content (AvgIpc) is 2.59. The zero-order valence-corrected chi connectivity index (χ0v) is 14.9.